The summed E-state index contributed by atoms with van der Waals surface area (Å²) in [6, 6.07) is 0.372. The van der Waals surface area contributed by atoms with Crippen molar-refractivity contribution in [1.82, 2.24) is 10.7 Å². The number of hydrogen-bond donors (Lipinski definition) is 3. The Morgan fingerprint density at radius 3 is 2.79 bits per heavy atom. The molecule has 1 aliphatic heterocycles. The van der Waals surface area contributed by atoms with Crippen molar-refractivity contribution >= 4 is 5.96 Å². The molecule has 2 aliphatic rings. The maximum Gasteiger partial charge on any atom is 0.205 e. The topological polar surface area (TPSA) is 71.7 Å². The van der Waals surface area contributed by atoms with Crippen LogP contribution in [0.3, 0.4) is 0 Å². The zero-order valence-electron chi connectivity index (χ0n) is 8.49. The van der Waals surface area contributed by atoms with E-state index in [0.29, 0.717) is 18.1 Å². The molecule has 2 rings (SSSR count). The molecule has 1 saturated carbocycles. The maximum atomic E-state index is 5.69. The second-order valence-corrected chi connectivity index (χ2v) is 3.93. The molecule has 0 aromatic heterocycles. The van der Waals surface area contributed by atoms with Gasteiger partial charge in [-0.25, -0.2) is 5.84 Å². The zero-order chi connectivity index (χ0) is 9.97. The molecular formula is C9H18N4O. The largest absolute Gasteiger partial charge is 0.376 e. The third-order valence-electron chi connectivity index (χ3n) is 2.90. The predicted molar refractivity (Wildman–Crippen MR) is 54.7 cm³/mol. The monoisotopic (exact) mass is 198 g/mol. The minimum atomic E-state index is 0.361. The van der Waals surface area contributed by atoms with Crippen LogP contribution in [0.15, 0.2) is 4.99 Å². The molecule has 0 radical (unpaired) electrons. The minimum absolute atomic E-state index is 0.361. The normalized spacial score (nSPS) is 33.1. The van der Waals surface area contributed by atoms with Crippen LogP contribution in [-0.2, 0) is 4.74 Å². The van der Waals surface area contributed by atoms with E-state index in [9.17, 15) is 0 Å². The first-order chi connectivity index (χ1) is 6.85. The van der Waals surface area contributed by atoms with Gasteiger partial charge in [0.05, 0.1) is 12.1 Å². The van der Waals surface area contributed by atoms with E-state index in [1.54, 1.807) is 7.05 Å². The smallest absolute Gasteiger partial charge is 0.205 e. The van der Waals surface area contributed by atoms with Gasteiger partial charge in [-0.1, -0.05) is 0 Å². The third kappa shape index (κ3) is 1.99. The summed E-state index contributed by atoms with van der Waals surface area (Å²) in [4.78, 5) is 4.00. The predicted octanol–water partition coefficient (Wildman–Crippen LogP) is -0.407. The van der Waals surface area contributed by atoms with Crippen LogP contribution in [0.25, 0.3) is 0 Å². The molecule has 2 atom stereocenters. The van der Waals surface area contributed by atoms with E-state index >= 15 is 0 Å². The molecule has 0 bridgehead atoms. The fourth-order valence-electron chi connectivity index (χ4n) is 2.00. The first kappa shape index (κ1) is 9.73. The number of nitrogens with one attached hydrogen (secondary N) is 2. The Hall–Kier alpha value is -0.810. The van der Waals surface area contributed by atoms with Crippen molar-refractivity contribution in [2.75, 3.05) is 13.7 Å². The van der Waals surface area contributed by atoms with Crippen LogP contribution in [0.5, 0.6) is 0 Å². The van der Waals surface area contributed by atoms with E-state index in [0.717, 1.165) is 18.9 Å². The highest BCUT2D eigenvalue weighted by Gasteiger charge is 2.40. The van der Waals surface area contributed by atoms with E-state index in [-0.39, 0.29) is 0 Å². The first-order valence-electron chi connectivity index (χ1n) is 5.16. The van der Waals surface area contributed by atoms with Crippen molar-refractivity contribution < 1.29 is 4.74 Å². The van der Waals surface area contributed by atoms with E-state index in [4.69, 9.17) is 10.6 Å². The highest BCUT2D eigenvalue weighted by atomic mass is 16.5. The second kappa shape index (κ2) is 4.14. The van der Waals surface area contributed by atoms with Gasteiger partial charge in [0.1, 0.15) is 0 Å². The molecule has 0 amide bonds. The van der Waals surface area contributed by atoms with Crippen molar-refractivity contribution in [3.8, 4) is 0 Å². The summed E-state index contributed by atoms with van der Waals surface area (Å²) in [6.07, 6.45) is 4.01. The number of hydrazine groups is 1. The fourth-order valence-corrected chi connectivity index (χ4v) is 2.00. The number of rotatable bonds is 2. The lowest BCUT2D eigenvalue weighted by Gasteiger charge is -2.20. The van der Waals surface area contributed by atoms with E-state index in [1.165, 1.54) is 12.8 Å². The minimum Gasteiger partial charge on any atom is -0.376 e. The summed E-state index contributed by atoms with van der Waals surface area (Å²) >= 11 is 0. The first-order valence-corrected chi connectivity index (χ1v) is 5.16. The molecule has 80 valence electrons. The van der Waals surface area contributed by atoms with Gasteiger partial charge >= 0.3 is 0 Å². The van der Waals surface area contributed by atoms with Crippen molar-refractivity contribution in [3.63, 3.8) is 0 Å². The standard InChI is InChI=1S/C9H18N4O/c1-11-9(13-10)12-7-4-5-14-8(7)6-2-3-6/h6-8H,2-5,10H2,1H3,(H2,11,12,13). The number of hydrogen-bond acceptors (Lipinski definition) is 3. The lowest BCUT2D eigenvalue weighted by molar-refractivity contribution is 0.0841. The SMILES string of the molecule is CN=C(NN)NC1CCOC1C1CC1. The molecule has 14 heavy (non-hydrogen) atoms. The van der Waals surface area contributed by atoms with Crippen LogP contribution in [0.1, 0.15) is 19.3 Å². The Kier molecular flexibility index (Phi) is 2.88. The van der Waals surface area contributed by atoms with E-state index in [1.807, 2.05) is 0 Å². The average Bonchev–Trinajstić information content (AvgIpc) is 2.95. The zero-order valence-corrected chi connectivity index (χ0v) is 8.49. The lowest BCUT2D eigenvalue weighted by Crippen LogP contribution is -2.49. The van der Waals surface area contributed by atoms with Crippen LogP contribution in [0, 0.1) is 5.92 Å². The maximum absolute atomic E-state index is 5.69. The third-order valence-corrected chi connectivity index (χ3v) is 2.90. The van der Waals surface area contributed by atoms with Gasteiger partial charge in [-0.15, -0.1) is 0 Å². The lowest BCUT2D eigenvalue weighted by atomic mass is 10.1. The highest BCUT2D eigenvalue weighted by molar-refractivity contribution is 5.79. The van der Waals surface area contributed by atoms with Crippen LogP contribution in [-0.4, -0.2) is 31.8 Å². The molecule has 2 fully saturated rings. The van der Waals surface area contributed by atoms with Crippen molar-refractivity contribution in [3.05, 3.63) is 0 Å². The van der Waals surface area contributed by atoms with Gasteiger partial charge in [-0.3, -0.25) is 10.4 Å². The molecule has 1 aliphatic carbocycles. The summed E-state index contributed by atoms with van der Waals surface area (Å²) in [5.74, 6) is 6.71. The summed E-state index contributed by atoms with van der Waals surface area (Å²) in [6.45, 7) is 0.848. The number of guanidine groups is 1. The Labute approximate surface area is 84.1 Å². The van der Waals surface area contributed by atoms with Gasteiger partial charge in [0.25, 0.3) is 0 Å². The Morgan fingerprint density at radius 2 is 2.21 bits per heavy atom. The molecular weight excluding hydrogens is 180 g/mol. The quantitative estimate of drug-likeness (QED) is 0.244. The van der Waals surface area contributed by atoms with Crippen LogP contribution < -0.4 is 16.6 Å². The van der Waals surface area contributed by atoms with Gasteiger partial charge in [-0.05, 0) is 25.2 Å². The average molecular weight is 198 g/mol. The second-order valence-electron chi connectivity index (χ2n) is 3.93. The summed E-state index contributed by atoms with van der Waals surface area (Å²) in [5.41, 5.74) is 2.54. The number of aliphatic imine (C=N–C) groups is 1. The Bertz CT molecular complexity index is 227. The number of ether oxygens (including phenoxy) is 1. The van der Waals surface area contributed by atoms with Crippen LogP contribution in [0.4, 0.5) is 0 Å². The van der Waals surface area contributed by atoms with Crippen LogP contribution >= 0.6 is 0 Å². The molecule has 0 aromatic carbocycles. The van der Waals surface area contributed by atoms with Gasteiger partial charge in [-0.2, -0.15) is 0 Å². The Morgan fingerprint density at radius 1 is 1.43 bits per heavy atom. The molecule has 0 spiro atoms. The molecule has 5 heteroatoms. The Balaban J connectivity index is 1.89. The fraction of sp³-hybridized carbons (Fsp3) is 0.889. The van der Waals surface area contributed by atoms with Gasteiger partial charge < -0.3 is 10.1 Å². The van der Waals surface area contributed by atoms with Gasteiger partial charge in [0.2, 0.25) is 5.96 Å². The highest BCUT2D eigenvalue weighted by Crippen LogP contribution is 2.38. The summed E-state index contributed by atoms with van der Waals surface area (Å²) < 4.78 is 5.69. The molecule has 1 heterocycles. The molecule has 1 saturated heterocycles. The molecule has 4 N–H and O–H groups in total. The molecule has 0 aromatic rings. The van der Waals surface area contributed by atoms with Gasteiger partial charge in [0, 0.05) is 13.7 Å². The van der Waals surface area contributed by atoms with Crippen LogP contribution in [0.2, 0.25) is 0 Å². The molecule has 5 nitrogen and oxygen atoms in total. The molecule has 2 unspecified atom stereocenters. The van der Waals surface area contributed by atoms with Crippen molar-refractivity contribution in [1.29, 1.82) is 0 Å². The number of nitrogens with zero attached hydrogens (tertiary/aromatic N) is 1. The number of nitrogens with two attached hydrogens (primary N) is 1. The van der Waals surface area contributed by atoms with Crippen molar-refractivity contribution in [2.45, 2.75) is 31.4 Å². The van der Waals surface area contributed by atoms with Gasteiger partial charge in [0.15, 0.2) is 0 Å². The van der Waals surface area contributed by atoms with E-state index < -0.39 is 0 Å². The van der Waals surface area contributed by atoms with Crippen molar-refractivity contribution in [2.24, 2.45) is 16.8 Å². The van der Waals surface area contributed by atoms with E-state index in [2.05, 4.69) is 15.7 Å². The summed E-state index contributed by atoms with van der Waals surface area (Å²) in [5, 5.41) is 3.28. The summed E-state index contributed by atoms with van der Waals surface area (Å²) in [7, 11) is 1.71.